The Bertz CT molecular complexity index is 489. The summed E-state index contributed by atoms with van der Waals surface area (Å²) in [6.45, 7) is 0. The van der Waals surface area contributed by atoms with E-state index in [0.29, 0.717) is 16.3 Å². The largest absolute Gasteiger partial charge is 0.335 e. The van der Waals surface area contributed by atoms with E-state index in [-0.39, 0.29) is 12.1 Å². The first-order valence-corrected chi connectivity index (χ1v) is 6.34. The lowest BCUT2D eigenvalue weighted by Crippen LogP contribution is -2.36. The Hall–Kier alpha value is -1.73. The number of hydrogen-bond donors (Lipinski definition) is 2. The zero-order chi connectivity index (χ0) is 13.0. The van der Waals surface area contributed by atoms with Crippen molar-refractivity contribution in [3.63, 3.8) is 0 Å². The number of hydrogen-bond acceptors (Lipinski definition) is 2. The van der Waals surface area contributed by atoms with Crippen LogP contribution < -0.4 is 10.6 Å². The first-order valence-electron chi connectivity index (χ1n) is 5.96. The average molecular weight is 264 g/mol. The number of amides is 2. The summed E-state index contributed by atoms with van der Waals surface area (Å²) >= 11 is 5.85. The third-order valence-corrected chi connectivity index (χ3v) is 3.28. The fourth-order valence-corrected chi connectivity index (χ4v) is 2.30. The summed E-state index contributed by atoms with van der Waals surface area (Å²) in [5.74, 6) is 0. The lowest BCUT2D eigenvalue weighted by atomic mass is 10.2. The maximum atomic E-state index is 11.8. The fraction of sp³-hybridized carbons (Fsp3) is 0.385. The van der Waals surface area contributed by atoms with E-state index < -0.39 is 0 Å². The Balaban J connectivity index is 2.02. The first kappa shape index (κ1) is 12.7. The Morgan fingerprint density at radius 2 is 2.11 bits per heavy atom. The van der Waals surface area contributed by atoms with Crippen molar-refractivity contribution in [1.29, 1.82) is 5.26 Å². The lowest BCUT2D eigenvalue weighted by molar-refractivity contribution is 0.248. The Morgan fingerprint density at radius 3 is 2.78 bits per heavy atom. The van der Waals surface area contributed by atoms with Crippen LogP contribution in [0.5, 0.6) is 0 Å². The zero-order valence-corrected chi connectivity index (χ0v) is 10.6. The molecule has 0 spiro atoms. The molecule has 0 atom stereocenters. The molecule has 0 bridgehead atoms. The zero-order valence-electron chi connectivity index (χ0n) is 9.87. The number of carbonyl (C=O) groups is 1. The topological polar surface area (TPSA) is 64.9 Å². The van der Waals surface area contributed by atoms with Crippen molar-refractivity contribution in [2.75, 3.05) is 5.32 Å². The summed E-state index contributed by atoms with van der Waals surface area (Å²) in [7, 11) is 0. The highest BCUT2D eigenvalue weighted by molar-refractivity contribution is 6.31. The first-order chi connectivity index (χ1) is 8.69. The summed E-state index contributed by atoms with van der Waals surface area (Å²) < 4.78 is 0. The van der Waals surface area contributed by atoms with Gasteiger partial charge in [-0.25, -0.2) is 4.79 Å². The monoisotopic (exact) mass is 263 g/mol. The van der Waals surface area contributed by atoms with Crippen molar-refractivity contribution in [2.24, 2.45) is 0 Å². The smallest absolute Gasteiger partial charge is 0.319 e. The van der Waals surface area contributed by atoms with Gasteiger partial charge in [-0.05, 0) is 31.0 Å². The highest BCUT2D eigenvalue weighted by Crippen LogP contribution is 2.21. The molecule has 2 rings (SSSR count). The van der Waals surface area contributed by atoms with E-state index >= 15 is 0 Å². The molecule has 1 aliphatic carbocycles. The number of nitrogens with one attached hydrogen (secondary N) is 2. The molecule has 4 nitrogen and oxygen atoms in total. The molecule has 0 aromatic heterocycles. The van der Waals surface area contributed by atoms with Crippen molar-refractivity contribution < 1.29 is 4.79 Å². The Labute approximate surface area is 111 Å². The van der Waals surface area contributed by atoms with Gasteiger partial charge >= 0.3 is 6.03 Å². The Kier molecular flexibility index (Phi) is 4.06. The van der Waals surface area contributed by atoms with Gasteiger partial charge in [0.25, 0.3) is 0 Å². The highest BCUT2D eigenvalue weighted by atomic mass is 35.5. The third kappa shape index (κ3) is 3.14. The van der Waals surface area contributed by atoms with E-state index in [4.69, 9.17) is 16.9 Å². The van der Waals surface area contributed by atoms with E-state index in [2.05, 4.69) is 10.6 Å². The van der Waals surface area contributed by atoms with Crippen LogP contribution >= 0.6 is 11.6 Å². The van der Waals surface area contributed by atoms with Gasteiger partial charge in [0.15, 0.2) is 0 Å². The standard InChI is InChI=1S/C13H14ClN3O/c14-10-6-5-9(8-15)12(7-10)17-13(18)16-11-3-1-2-4-11/h5-7,11H,1-4H2,(H2,16,17,18). The van der Waals surface area contributed by atoms with Crippen LogP contribution in [0.15, 0.2) is 18.2 Å². The molecule has 2 N–H and O–H groups in total. The van der Waals surface area contributed by atoms with Crippen molar-refractivity contribution in [2.45, 2.75) is 31.7 Å². The van der Waals surface area contributed by atoms with Gasteiger partial charge in [0.05, 0.1) is 11.3 Å². The average Bonchev–Trinajstić information content (AvgIpc) is 2.82. The molecule has 1 aromatic carbocycles. The van der Waals surface area contributed by atoms with Gasteiger partial charge in [0, 0.05) is 11.1 Å². The summed E-state index contributed by atoms with van der Waals surface area (Å²) in [5.41, 5.74) is 0.849. The summed E-state index contributed by atoms with van der Waals surface area (Å²) in [6, 6.07) is 6.78. The van der Waals surface area contributed by atoms with Crippen LogP contribution in [-0.4, -0.2) is 12.1 Å². The molecular formula is C13H14ClN3O. The number of nitriles is 1. The van der Waals surface area contributed by atoms with Crippen molar-refractivity contribution in [1.82, 2.24) is 5.32 Å². The summed E-state index contributed by atoms with van der Waals surface area (Å²) in [6.07, 6.45) is 4.36. The number of halogens is 1. The molecule has 1 fully saturated rings. The van der Waals surface area contributed by atoms with Crippen molar-refractivity contribution >= 4 is 23.3 Å². The maximum absolute atomic E-state index is 11.8. The fourth-order valence-electron chi connectivity index (χ4n) is 2.13. The number of carbonyl (C=O) groups excluding carboxylic acids is 1. The van der Waals surface area contributed by atoms with Gasteiger partial charge in [0.2, 0.25) is 0 Å². The molecule has 94 valence electrons. The van der Waals surface area contributed by atoms with Crippen LogP contribution in [-0.2, 0) is 0 Å². The molecule has 0 heterocycles. The minimum atomic E-state index is -0.277. The van der Waals surface area contributed by atoms with Crippen LogP contribution in [0.2, 0.25) is 5.02 Å². The second-order valence-electron chi connectivity index (χ2n) is 4.38. The predicted octanol–water partition coefficient (Wildman–Crippen LogP) is 3.28. The molecule has 0 aliphatic heterocycles. The van der Waals surface area contributed by atoms with Crippen LogP contribution in [0.25, 0.3) is 0 Å². The molecule has 1 aromatic rings. The van der Waals surface area contributed by atoms with Crippen LogP contribution in [0.3, 0.4) is 0 Å². The van der Waals surface area contributed by atoms with Gasteiger partial charge in [-0.2, -0.15) is 5.26 Å². The lowest BCUT2D eigenvalue weighted by Gasteiger charge is -2.13. The Morgan fingerprint density at radius 1 is 1.39 bits per heavy atom. The predicted molar refractivity (Wildman–Crippen MR) is 70.6 cm³/mol. The van der Waals surface area contributed by atoms with E-state index in [0.717, 1.165) is 25.7 Å². The van der Waals surface area contributed by atoms with Crippen molar-refractivity contribution in [3.8, 4) is 6.07 Å². The molecule has 0 unspecified atom stereocenters. The number of anilines is 1. The second-order valence-corrected chi connectivity index (χ2v) is 4.82. The summed E-state index contributed by atoms with van der Waals surface area (Å²) in [4.78, 5) is 11.8. The van der Waals surface area contributed by atoms with Gasteiger partial charge in [-0.15, -0.1) is 0 Å². The van der Waals surface area contributed by atoms with Crippen LogP contribution in [0.4, 0.5) is 10.5 Å². The van der Waals surface area contributed by atoms with Crippen LogP contribution in [0.1, 0.15) is 31.2 Å². The molecule has 18 heavy (non-hydrogen) atoms. The number of rotatable bonds is 2. The quantitative estimate of drug-likeness (QED) is 0.860. The molecule has 0 saturated heterocycles. The molecule has 1 aliphatic rings. The number of benzene rings is 1. The maximum Gasteiger partial charge on any atom is 0.319 e. The molecule has 2 amide bonds. The van der Waals surface area contributed by atoms with E-state index in [9.17, 15) is 4.79 Å². The van der Waals surface area contributed by atoms with E-state index in [1.807, 2.05) is 6.07 Å². The van der Waals surface area contributed by atoms with E-state index in [1.54, 1.807) is 18.2 Å². The van der Waals surface area contributed by atoms with Gasteiger partial charge in [-0.1, -0.05) is 24.4 Å². The number of nitrogens with zero attached hydrogens (tertiary/aromatic N) is 1. The van der Waals surface area contributed by atoms with Gasteiger partial charge in [0.1, 0.15) is 6.07 Å². The van der Waals surface area contributed by atoms with Crippen LogP contribution in [0, 0.1) is 11.3 Å². The minimum absolute atomic E-state index is 0.245. The highest BCUT2D eigenvalue weighted by Gasteiger charge is 2.17. The van der Waals surface area contributed by atoms with Gasteiger partial charge < -0.3 is 10.6 Å². The second kappa shape index (κ2) is 5.74. The molecular weight excluding hydrogens is 250 g/mol. The normalized spacial score (nSPS) is 15.1. The SMILES string of the molecule is N#Cc1ccc(Cl)cc1NC(=O)NC1CCCC1. The van der Waals surface area contributed by atoms with E-state index in [1.165, 1.54) is 0 Å². The number of urea groups is 1. The van der Waals surface area contributed by atoms with Gasteiger partial charge in [-0.3, -0.25) is 0 Å². The minimum Gasteiger partial charge on any atom is -0.335 e. The summed E-state index contributed by atoms with van der Waals surface area (Å²) in [5, 5.41) is 15.0. The molecule has 1 saturated carbocycles. The molecule has 5 heteroatoms. The molecule has 0 radical (unpaired) electrons. The third-order valence-electron chi connectivity index (χ3n) is 3.04. The van der Waals surface area contributed by atoms with Crippen molar-refractivity contribution in [3.05, 3.63) is 28.8 Å².